The zero-order valence-electron chi connectivity index (χ0n) is 20.9. The molecule has 1 saturated carbocycles. The normalized spacial score (nSPS) is 19.7. The molecule has 2 aliphatic heterocycles. The molecule has 0 radical (unpaired) electrons. The summed E-state index contributed by atoms with van der Waals surface area (Å²) in [6.07, 6.45) is 2.21. The van der Waals surface area contributed by atoms with Gasteiger partial charge in [-0.15, -0.1) is 0 Å². The zero-order valence-corrected chi connectivity index (χ0v) is 20.9. The predicted octanol–water partition coefficient (Wildman–Crippen LogP) is 4.03. The van der Waals surface area contributed by atoms with Gasteiger partial charge in [0.1, 0.15) is 5.54 Å². The molecular formula is C28H33N3O4. The van der Waals surface area contributed by atoms with Gasteiger partial charge in [0, 0.05) is 43.3 Å². The van der Waals surface area contributed by atoms with Crippen molar-refractivity contribution in [3.8, 4) is 11.1 Å². The summed E-state index contributed by atoms with van der Waals surface area (Å²) in [4.78, 5) is 43.6. The second-order valence-corrected chi connectivity index (χ2v) is 11.4. The van der Waals surface area contributed by atoms with Crippen molar-refractivity contribution in [3.63, 3.8) is 0 Å². The van der Waals surface area contributed by atoms with Gasteiger partial charge in [-0.2, -0.15) is 0 Å². The number of aliphatic hydroxyl groups excluding tert-OH is 1. The van der Waals surface area contributed by atoms with Crippen molar-refractivity contribution in [1.82, 2.24) is 14.7 Å². The fourth-order valence-corrected chi connectivity index (χ4v) is 4.99. The van der Waals surface area contributed by atoms with Gasteiger partial charge in [-0.25, -0.2) is 4.79 Å². The number of nitrogens with zero attached hydrogens (tertiary/aromatic N) is 3. The Balaban J connectivity index is 1.32. The average Bonchev–Trinajstić information content (AvgIpc) is 3.61. The Morgan fingerprint density at radius 2 is 1.66 bits per heavy atom. The molecule has 0 bridgehead atoms. The van der Waals surface area contributed by atoms with Crippen LogP contribution >= 0.6 is 0 Å². The van der Waals surface area contributed by atoms with E-state index in [2.05, 4.69) is 6.07 Å². The summed E-state index contributed by atoms with van der Waals surface area (Å²) in [5.41, 5.74) is 3.41. The Kier molecular flexibility index (Phi) is 5.51. The average molecular weight is 476 g/mol. The quantitative estimate of drug-likeness (QED) is 0.613. The SMILES string of the molecule is CC(C)(CO)CN1C(=O)N(Cc2ccc(-c3ccc4c(c3)CN(C3CC3)C4=O)cc2)C(C)(C)C1=O. The van der Waals surface area contributed by atoms with E-state index in [1.54, 1.807) is 18.7 Å². The third-order valence-electron chi connectivity index (χ3n) is 7.47. The highest BCUT2D eigenvalue weighted by atomic mass is 16.3. The monoisotopic (exact) mass is 475 g/mol. The summed E-state index contributed by atoms with van der Waals surface area (Å²) in [7, 11) is 0. The molecule has 184 valence electrons. The fourth-order valence-electron chi connectivity index (χ4n) is 4.99. The number of amides is 4. The van der Waals surface area contributed by atoms with Crippen molar-refractivity contribution in [1.29, 1.82) is 0 Å². The first kappa shape index (κ1) is 23.5. The lowest BCUT2D eigenvalue weighted by Gasteiger charge is -2.28. The van der Waals surface area contributed by atoms with E-state index in [-0.39, 0.29) is 31.0 Å². The van der Waals surface area contributed by atoms with E-state index in [4.69, 9.17) is 0 Å². The second kappa shape index (κ2) is 8.19. The first-order chi connectivity index (χ1) is 16.5. The molecule has 1 N–H and O–H groups in total. The minimum Gasteiger partial charge on any atom is -0.396 e. The standard InChI is InChI=1S/C28H33N3O4/c1-27(2,17-32)16-30-25(34)28(3,4)31(26(30)35)14-18-5-7-19(8-6-18)20-9-12-23-21(13-20)15-29(24(23)33)22-10-11-22/h5-9,12-13,22,32H,10-11,14-17H2,1-4H3. The predicted molar refractivity (Wildman–Crippen MR) is 132 cm³/mol. The van der Waals surface area contributed by atoms with Crippen molar-refractivity contribution in [2.75, 3.05) is 13.2 Å². The van der Waals surface area contributed by atoms with Gasteiger partial charge in [-0.05, 0) is 61.1 Å². The lowest BCUT2D eigenvalue weighted by Crippen LogP contribution is -2.44. The van der Waals surface area contributed by atoms with Gasteiger partial charge in [0.25, 0.3) is 11.8 Å². The van der Waals surface area contributed by atoms with Crippen LogP contribution in [-0.2, 0) is 17.9 Å². The molecule has 2 heterocycles. The van der Waals surface area contributed by atoms with Crippen LogP contribution in [0.15, 0.2) is 42.5 Å². The lowest BCUT2D eigenvalue weighted by atomic mass is 9.94. The van der Waals surface area contributed by atoms with Crippen LogP contribution in [0.2, 0.25) is 0 Å². The number of fused-ring (bicyclic) bond motifs is 1. The molecule has 2 fully saturated rings. The maximum absolute atomic E-state index is 13.1. The maximum Gasteiger partial charge on any atom is 0.327 e. The molecule has 1 aliphatic carbocycles. The van der Waals surface area contributed by atoms with Crippen LogP contribution < -0.4 is 0 Å². The number of urea groups is 1. The summed E-state index contributed by atoms with van der Waals surface area (Å²) in [5, 5.41) is 9.60. The molecule has 4 amide bonds. The summed E-state index contributed by atoms with van der Waals surface area (Å²) < 4.78 is 0. The third-order valence-corrected chi connectivity index (χ3v) is 7.47. The van der Waals surface area contributed by atoms with E-state index >= 15 is 0 Å². The number of benzene rings is 2. The van der Waals surface area contributed by atoms with Crippen LogP contribution in [0.4, 0.5) is 4.79 Å². The number of rotatable bonds is 7. The molecule has 0 unspecified atom stereocenters. The topological polar surface area (TPSA) is 81.2 Å². The molecule has 2 aromatic carbocycles. The van der Waals surface area contributed by atoms with Gasteiger partial charge in [0.05, 0.1) is 0 Å². The van der Waals surface area contributed by atoms with Gasteiger partial charge in [-0.1, -0.05) is 44.2 Å². The summed E-state index contributed by atoms with van der Waals surface area (Å²) in [5.74, 6) is -0.0955. The summed E-state index contributed by atoms with van der Waals surface area (Å²) >= 11 is 0. The van der Waals surface area contributed by atoms with E-state index in [9.17, 15) is 19.5 Å². The van der Waals surface area contributed by atoms with Crippen molar-refractivity contribution in [2.45, 2.75) is 65.2 Å². The molecule has 35 heavy (non-hydrogen) atoms. The van der Waals surface area contributed by atoms with Crippen molar-refractivity contribution in [2.24, 2.45) is 5.41 Å². The number of aliphatic hydroxyl groups is 1. The van der Waals surface area contributed by atoms with Crippen LogP contribution in [-0.4, -0.2) is 62.4 Å². The molecule has 7 nitrogen and oxygen atoms in total. The molecular weight excluding hydrogens is 442 g/mol. The highest BCUT2D eigenvalue weighted by molar-refractivity contribution is 6.06. The van der Waals surface area contributed by atoms with E-state index in [1.807, 2.05) is 55.1 Å². The Hall–Kier alpha value is -3.19. The van der Waals surface area contributed by atoms with Crippen LogP contribution in [0, 0.1) is 5.41 Å². The van der Waals surface area contributed by atoms with Gasteiger partial charge < -0.3 is 14.9 Å². The van der Waals surface area contributed by atoms with E-state index in [0.717, 1.165) is 40.7 Å². The van der Waals surface area contributed by atoms with Crippen LogP contribution in [0.3, 0.4) is 0 Å². The van der Waals surface area contributed by atoms with Gasteiger partial charge in [0.2, 0.25) is 0 Å². The van der Waals surface area contributed by atoms with E-state index in [1.165, 1.54) is 4.90 Å². The molecule has 1 saturated heterocycles. The van der Waals surface area contributed by atoms with Gasteiger partial charge in [-0.3, -0.25) is 14.5 Å². The number of carbonyl (C=O) groups is 3. The first-order valence-corrected chi connectivity index (χ1v) is 12.3. The van der Waals surface area contributed by atoms with E-state index in [0.29, 0.717) is 19.1 Å². The minimum atomic E-state index is -0.957. The highest BCUT2D eigenvalue weighted by Crippen LogP contribution is 2.36. The van der Waals surface area contributed by atoms with Crippen LogP contribution in [0.1, 0.15) is 62.0 Å². The second-order valence-electron chi connectivity index (χ2n) is 11.4. The smallest absolute Gasteiger partial charge is 0.327 e. The highest BCUT2D eigenvalue weighted by Gasteiger charge is 2.52. The van der Waals surface area contributed by atoms with Gasteiger partial charge >= 0.3 is 6.03 Å². The van der Waals surface area contributed by atoms with E-state index < -0.39 is 11.0 Å². The molecule has 0 aromatic heterocycles. The maximum atomic E-state index is 13.1. The molecule has 0 atom stereocenters. The summed E-state index contributed by atoms with van der Waals surface area (Å²) in [6, 6.07) is 14.1. The zero-order chi connectivity index (χ0) is 25.1. The van der Waals surface area contributed by atoms with Crippen molar-refractivity contribution in [3.05, 3.63) is 59.2 Å². The first-order valence-electron chi connectivity index (χ1n) is 12.3. The van der Waals surface area contributed by atoms with Gasteiger partial charge in [0.15, 0.2) is 0 Å². The third kappa shape index (κ3) is 4.12. The Bertz CT molecular complexity index is 1200. The number of hydrogen-bond donors (Lipinski definition) is 1. The van der Waals surface area contributed by atoms with Crippen molar-refractivity contribution >= 4 is 17.8 Å². The molecule has 7 heteroatoms. The Morgan fingerprint density at radius 1 is 1.00 bits per heavy atom. The Labute approximate surface area is 206 Å². The molecule has 2 aromatic rings. The molecule has 0 spiro atoms. The minimum absolute atomic E-state index is 0.110. The lowest BCUT2D eigenvalue weighted by molar-refractivity contribution is -0.133. The van der Waals surface area contributed by atoms with Crippen LogP contribution in [0.5, 0.6) is 0 Å². The number of carbonyl (C=O) groups excluding carboxylic acids is 3. The number of hydrogen-bond acceptors (Lipinski definition) is 4. The van der Waals surface area contributed by atoms with Crippen LogP contribution in [0.25, 0.3) is 11.1 Å². The largest absolute Gasteiger partial charge is 0.396 e. The molecule has 3 aliphatic rings. The van der Waals surface area contributed by atoms with Crippen molar-refractivity contribution < 1.29 is 19.5 Å². The molecule has 5 rings (SSSR count). The number of imide groups is 1. The Morgan fingerprint density at radius 3 is 2.29 bits per heavy atom. The fraction of sp³-hybridized carbons (Fsp3) is 0.464. The summed E-state index contributed by atoms with van der Waals surface area (Å²) in [6.45, 7) is 8.28.